The van der Waals surface area contributed by atoms with Gasteiger partial charge in [0, 0.05) is 12.6 Å². The maximum atomic E-state index is 11.6. The van der Waals surface area contributed by atoms with Crippen molar-refractivity contribution in [3.05, 3.63) is 0 Å². The molecule has 0 heterocycles. The quantitative estimate of drug-likeness (QED) is 0.523. The van der Waals surface area contributed by atoms with Crippen LogP contribution in [0, 0.1) is 11.8 Å². The Morgan fingerprint density at radius 3 is 2.10 bits per heavy atom. The molecule has 0 aromatic rings. The summed E-state index contributed by atoms with van der Waals surface area (Å²) in [5, 5.41) is 16.4. The lowest BCUT2D eigenvalue weighted by Crippen LogP contribution is -2.48. The number of hydrogen-bond acceptors (Lipinski definition) is 3. The van der Waals surface area contributed by atoms with E-state index in [1.165, 1.54) is 0 Å². The summed E-state index contributed by atoms with van der Waals surface area (Å²) in [5.41, 5.74) is 0. The second-order valence-electron chi connectivity index (χ2n) is 5.47. The summed E-state index contributed by atoms with van der Waals surface area (Å²) < 4.78 is 0. The molecule has 0 aliphatic carbocycles. The van der Waals surface area contributed by atoms with Crippen molar-refractivity contribution in [3.63, 3.8) is 0 Å². The molecule has 0 radical (unpaired) electrons. The number of carbonyl (C=O) groups is 3. The van der Waals surface area contributed by atoms with Crippen molar-refractivity contribution in [2.24, 2.45) is 11.8 Å². The highest BCUT2D eigenvalue weighted by Crippen LogP contribution is 2.05. The Labute approximate surface area is 119 Å². The summed E-state index contributed by atoms with van der Waals surface area (Å²) in [5.74, 6) is -0.910. The van der Waals surface area contributed by atoms with Crippen LogP contribution in [0.3, 0.4) is 0 Å². The summed E-state index contributed by atoms with van der Waals surface area (Å²) >= 11 is 0. The molecule has 3 amide bonds. The number of carboxylic acid groups (broad SMARTS) is 1. The lowest BCUT2D eigenvalue weighted by molar-refractivity contribution is -0.137. The van der Waals surface area contributed by atoms with Gasteiger partial charge in [-0.15, -0.1) is 0 Å². The van der Waals surface area contributed by atoms with Crippen LogP contribution in [0.15, 0.2) is 0 Å². The highest BCUT2D eigenvalue weighted by Gasteiger charge is 2.19. The van der Waals surface area contributed by atoms with E-state index >= 15 is 0 Å². The van der Waals surface area contributed by atoms with Crippen LogP contribution in [0.2, 0.25) is 0 Å². The lowest BCUT2D eigenvalue weighted by Gasteiger charge is -2.20. The third-order valence-electron chi connectivity index (χ3n) is 2.63. The van der Waals surface area contributed by atoms with E-state index in [4.69, 9.17) is 5.11 Å². The number of carboxylic acids is 1. The van der Waals surface area contributed by atoms with Crippen molar-refractivity contribution in [3.8, 4) is 0 Å². The topological polar surface area (TPSA) is 108 Å². The number of nitrogens with one attached hydrogen (secondary N) is 3. The van der Waals surface area contributed by atoms with Gasteiger partial charge < -0.3 is 21.1 Å². The summed E-state index contributed by atoms with van der Waals surface area (Å²) in [6, 6.07) is -1.00. The SMILES string of the molecule is CC(C)CNC(=O)CNC(=O)NC(CC(=O)O)C(C)C. The number of aliphatic carboxylic acids is 1. The van der Waals surface area contributed by atoms with Gasteiger partial charge in [-0.1, -0.05) is 27.7 Å². The molecule has 0 bridgehead atoms. The van der Waals surface area contributed by atoms with E-state index in [1.807, 2.05) is 27.7 Å². The molecule has 0 spiro atoms. The zero-order valence-electron chi connectivity index (χ0n) is 12.5. The van der Waals surface area contributed by atoms with Gasteiger partial charge in [-0.2, -0.15) is 0 Å². The molecule has 0 rings (SSSR count). The summed E-state index contributed by atoms with van der Waals surface area (Å²) in [6.07, 6.45) is -0.148. The monoisotopic (exact) mass is 287 g/mol. The van der Waals surface area contributed by atoms with Gasteiger partial charge in [0.25, 0.3) is 0 Å². The zero-order valence-corrected chi connectivity index (χ0v) is 12.5. The first kappa shape index (κ1) is 18.2. The predicted molar refractivity (Wildman–Crippen MR) is 75.3 cm³/mol. The Balaban J connectivity index is 4.07. The molecule has 116 valence electrons. The summed E-state index contributed by atoms with van der Waals surface area (Å²) in [7, 11) is 0. The lowest BCUT2D eigenvalue weighted by atomic mass is 10.0. The van der Waals surface area contributed by atoms with Gasteiger partial charge in [0.1, 0.15) is 0 Å². The molecule has 0 fully saturated rings. The summed E-state index contributed by atoms with van der Waals surface area (Å²) in [4.78, 5) is 33.7. The fourth-order valence-electron chi connectivity index (χ4n) is 1.40. The number of amides is 3. The number of hydrogen-bond donors (Lipinski definition) is 4. The van der Waals surface area contributed by atoms with E-state index < -0.39 is 18.0 Å². The van der Waals surface area contributed by atoms with E-state index in [2.05, 4.69) is 16.0 Å². The van der Waals surface area contributed by atoms with Crippen LogP contribution < -0.4 is 16.0 Å². The largest absolute Gasteiger partial charge is 0.481 e. The standard InChI is InChI=1S/C13H25N3O4/c1-8(2)6-14-11(17)7-15-13(20)16-10(9(3)4)5-12(18)19/h8-10H,5-7H2,1-4H3,(H,14,17)(H,18,19)(H2,15,16,20). The second kappa shape index (κ2) is 9.17. The molecule has 0 aromatic heterocycles. The van der Waals surface area contributed by atoms with Gasteiger partial charge >= 0.3 is 12.0 Å². The van der Waals surface area contributed by atoms with Crippen LogP contribution >= 0.6 is 0 Å². The van der Waals surface area contributed by atoms with Gasteiger partial charge in [0.2, 0.25) is 5.91 Å². The molecule has 0 aliphatic heterocycles. The van der Waals surface area contributed by atoms with E-state index in [9.17, 15) is 14.4 Å². The minimum absolute atomic E-state index is 0.00776. The summed E-state index contributed by atoms with van der Waals surface area (Å²) in [6.45, 7) is 8.01. The van der Waals surface area contributed by atoms with Crippen molar-refractivity contribution >= 4 is 17.9 Å². The minimum Gasteiger partial charge on any atom is -0.481 e. The van der Waals surface area contributed by atoms with Crippen LogP contribution in [0.25, 0.3) is 0 Å². The van der Waals surface area contributed by atoms with E-state index in [-0.39, 0.29) is 24.8 Å². The Bertz CT molecular complexity index is 343. The van der Waals surface area contributed by atoms with Crippen LogP contribution in [-0.2, 0) is 9.59 Å². The van der Waals surface area contributed by atoms with Gasteiger partial charge in [-0.05, 0) is 11.8 Å². The Morgan fingerprint density at radius 2 is 1.65 bits per heavy atom. The van der Waals surface area contributed by atoms with Crippen molar-refractivity contribution in [2.45, 2.75) is 40.2 Å². The molecule has 0 saturated carbocycles. The van der Waals surface area contributed by atoms with Crippen LogP contribution in [0.5, 0.6) is 0 Å². The first-order valence-corrected chi connectivity index (χ1v) is 6.75. The average Bonchev–Trinajstić information content (AvgIpc) is 2.32. The molecule has 0 saturated heterocycles. The first-order chi connectivity index (χ1) is 9.22. The van der Waals surface area contributed by atoms with Gasteiger partial charge in [-0.25, -0.2) is 4.79 Å². The number of carbonyl (C=O) groups excluding carboxylic acids is 2. The molecule has 1 atom stereocenters. The third-order valence-corrected chi connectivity index (χ3v) is 2.63. The Kier molecular flexibility index (Phi) is 8.35. The molecule has 20 heavy (non-hydrogen) atoms. The van der Waals surface area contributed by atoms with Crippen LogP contribution in [0.1, 0.15) is 34.1 Å². The predicted octanol–water partition coefficient (Wildman–Crippen LogP) is 0.557. The van der Waals surface area contributed by atoms with Crippen molar-refractivity contribution in [1.82, 2.24) is 16.0 Å². The fourth-order valence-corrected chi connectivity index (χ4v) is 1.40. The molecule has 7 heteroatoms. The zero-order chi connectivity index (χ0) is 15.7. The van der Waals surface area contributed by atoms with Crippen molar-refractivity contribution in [2.75, 3.05) is 13.1 Å². The van der Waals surface area contributed by atoms with Gasteiger partial charge in [0.15, 0.2) is 0 Å². The number of rotatable bonds is 8. The van der Waals surface area contributed by atoms with Crippen LogP contribution in [0.4, 0.5) is 4.79 Å². The molecule has 0 aromatic carbocycles. The maximum absolute atomic E-state index is 11.6. The van der Waals surface area contributed by atoms with Gasteiger partial charge in [0.05, 0.1) is 13.0 Å². The smallest absolute Gasteiger partial charge is 0.315 e. The minimum atomic E-state index is -0.973. The van der Waals surface area contributed by atoms with E-state index in [1.54, 1.807) is 0 Å². The number of urea groups is 1. The average molecular weight is 287 g/mol. The molecule has 1 unspecified atom stereocenters. The first-order valence-electron chi connectivity index (χ1n) is 6.75. The molecule has 0 aliphatic rings. The van der Waals surface area contributed by atoms with E-state index in [0.29, 0.717) is 12.5 Å². The highest BCUT2D eigenvalue weighted by atomic mass is 16.4. The Morgan fingerprint density at radius 1 is 1.05 bits per heavy atom. The van der Waals surface area contributed by atoms with E-state index in [0.717, 1.165) is 0 Å². The normalized spacial score (nSPS) is 12.1. The van der Waals surface area contributed by atoms with Crippen LogP contribution in [-0.4, -0.2) is 42.1 Å². The maximum Gasteiger partial charge on any atom is 0.315 e. The van der Waals surface area contributed by atoms with Crippen molar-refractivity contribution in [1.29, 1.82) is 0 Å². The second-order valence-corrected chi connectivity index (χ2v) is 5.47. The third kappa shape index (κ3) is 9.18. The molecule has 4 N–H and O–H groups in total. The van der Waals surface area contributed by atoms with Crippen molar-refractivity contribution < 1.29 is 19.5 Å². The Hall–Kier alpha value is -1.79. The highest BCUT2D eigenvalue weighted by molar-refractivity contribution is 5.84. The van der Waals surface area contributed by atoms with Gasteiger partial charge in [-0.3, -0.25) is 9.59 Å². The molecular formula is C13H25N3O4. The fraction of sp³-hybridized carbons (Fsp3) is 0.769. The molecule has 7 nitrogen and oxygen atoms in total. The molecular weight excluding hydrogens is 262 g/mol.